The third kappa shape index (κ3) is 2.09. The first kappa shape index (κ1) is 11.1. The number of carbonyl (C=O) groups excluding carboxylic acids is 1. The zero-order valence-corrected chi connectivity index (χ0v) is 10.7. The van der Waals surface area contributed by atoms with E-state index in [1.807, 2.05) is 30.4 Å². The normalized spacial score (nSPS) is 16.4. The fourth-order valence-corrected chi connectivity index (χ4v) is 1.81. The molecule has 0 bridgehead atoms. The zero-order valence-electron chi connectivity index (χ0n) is 9.08. The molecule has 0 atom stereocenters. The second-order valence-electron chi connectivity index (χ2n) is 3.66. The van der Waals surface area contributed by atoms with Gasteiger partial charge in [0.25, 0.3) is 0 Å². The van der Waals surface area contributed by atoms with Gasteiger partial charge in [0.05, 0.1) is 0 Å². The molecule has 82 valence electrons. The largest absolute Gasteiger partial charge is 0.456 e. The molecule has 0 saturated carbocycles. The second kappa shape index (κ2) is 4.26. The summed E-state index contributed by atoms with van der Waals surface area (Å²) >= 11 is 3.40. The van der Waals surface area contributed by atoms with Crippen LogP contribution in [0.25, 0.3) is 6.08 Å². The lowest BCUT2D eigenvalue weighted by Gasteiger charge is -2.16. The highest BCUT2D eigenvalue weighted by Gasteiger charge is 2.13. The van der Waals surface area contributed by atoms with E-state index in [4.69, 9.17) is 4.74 Å². The van der Waals surface area contributed by atoms with Crippen LogP contribution in [0.1, 0.15) is 19.4 Å². The van der Waals surface area contributed by atoms with Gasteiger partial charge in [-0.15, -0.1) is 0 Å². The molecule has 0 saturated heterocycles. The molecular formula is C13H11BrO2. The van der Waals surface area contributed by atoms with E-state index in [0.29, 0.717) is 11.3 Å². The Morgan fingerprint density at radius 3 is 2.69 bits per heavy atom. The van der Waals surface area contributed by atoms with Crippen molar-refractivity contribution in [3.05, 3.63) is 45.6 Å². The zero-order chi connectivity index (χ0) is 11.7. The highest BCUT2D eigenvalue weighted by atomic mass is 79.9. The molecule has 0 aliphatic carbocycles. The lowest BCUT2D eigenvalue weighted by molar-refractivity contribution is -0.113. The van der Waals surface area contributed by atoms with Crippen LogP contribution in [0.5, 0.6) is 5.75 Å². The predicted octanol–water partition coefficient (Wildman–Crippen LogP) is 3.72. The Morgan fingerprint density at radius 1 is 1.25 bits per heavy atom. The van der Waals surface area contributed by atoms with Crippen molar-refractivity contribution >= 4 is 27.8 Å². The number of rotatable bonds is 1. The molecule has 1 aliphatic heterocycles. The lowest BCUT2D eigenvalue weighted by atomic mass is 10.1. The maximum Gasteiger partial charge on any atom is 0.159 e. The van der Waals surface area contributed by atoms with Crippen LogP contribution >= 0.6 is 15.9 Å². The van der Waals surface area contributed by atoms with Crippen molar-refractivity contribution in [2.75, 3.05) is 0 Å². The summed E-state index contributed by atoms with van der Waals surface area (Å²) in [5.74, 6) is 1.43. The van der Waals surface area contributed by atoms with Gasteiger partial charge in [0.2, 0.25) is 0 Å². The molecular weight excluding hydrogens is 268 g/mol. The van der Waals surface area contributed by atoms with Gasteiger partial charge in [-0.2, -0.15) is 0 Å². The summed E-state index contributed by atoms with van der Waals surface area (Å²) in [5.41, 5.74) is 1.65. The molecule has 2 nitrogen and oxygen atoms in total. The molecule has 0 fully saturated rings. The predicted molar refractivity (Wildman–Crippen MR) is 67.2 cm³/mol. The molecule has 1 aliphatic rings. The van der Waals surface area contributed by atoms with Gasteiger partial charge in [-0.1, -0.05) is 15.9 Å². The number of Topliss-reactive ketones (excluding diaryl/α,β-unsaturated/α-hetero) is 1. The Bertz CT molecular complexity index is 513. The molecule has 0 unspecified atom stereocenters. The van der Waals surface area contributed by atoms with Crippen LogP contribution < -0.4 is 4.74 Å². The second-order valence-corrected chi connectivity index (χ2v) is 4.58. The van der Waals surface area contributed by atoms with E-state index in [2.05, 4.69) is 15.9 Å². The molecule has 1 aromatic carbocycles. The van der Waals surface area contributed by atoms with Crippen molar-refractivity contribution in [1.29, 1.82) is 0 Å². The molecule has 0 radical (unpaired) electrons. The van der Waals surface area contributed by atoms with E-state index >= 15 is 0 Å². The van der Waals surface area contributed by atoms with Gasteiger partial charge >= 0.3 is 0 Å². The number of benzene rings is 1. The topological polar surface area (TPSA) is 26.3 Å². The van der Waals surface area contributed by atoms with Crippen LogP contribution in [0.3, 0.4) is 0 Å². The molecule has 2 rings (SSSR count). The van der Waals surface area contributed by atoms with Gasteiger partial charge in [0.1, 0.15) is 11.5 Å². The van der Waals surface area contributed by atoms with Crippen LogP contribution in [0.4, 0.5) is 0 Å². The summed E-state index contributed by atoms with van der Waals surface area (Å²) in [6, 6.07) is 5.78. The third-order valence-electron chi connectivity index (χ3n) is 2.50. The minimum absolute atomic E-state index is 0.0280. The lowest BCUT2D eigenvalue weighted by Crippen LogP contribution is -2.05. The fraction of sp³-hybridized carbons (Fsp3) is 0.154. The summed E-state index contributed by atoms with van der Waals surface area (Å²) in [7, 11) is 0. The minimum atomic E-state index is 0.0280. The molecule has 3 heteroatoms. The number of halogens is 1. The number of fused-ring (bicyclic) bond motifs is 1. The summed E-state index contributed by atoms with van der Waals surface area (Å²) in [5, 5.41) is 0. The number of ether oxygens (including phenoxy) is 1. The van der Waals surface area contributed by atoms with Crippen LogP contribution in [0.15, 0.2) is 40.1 Å². The van der Waals surface area contributed by atoms with Crippen LogP contribution in [0, 0.1) is 0 Å². The Balaban J connectivity index is 2.43. The van der Waals surface area contributed by atoms with E-state index in [9.17, 15) is 4.79 Å². The fourth-order valence-electron chi connectivity index (χ4n) is 1.44. The molecule has 0 N–H and O–H groups in total. The van der Waals surface area contributed by atoms with Gasteiger partial charge in [0, 0.05) is 15.6 Å². The van der Waals surface area contributed by atoms with E-state index in [0.717, 1.165) is 15.8 Å². The smallest absolute Gasteiger partial charge is 0.159 e. The van der Waals surface area contributed by atoms with Gasteiger partial charge in [-0.25, -0.2) is 0 Å². The van der Waals surface area contributed by atoms with E-state index in [-0.39, 0.29) is 5.78 Å². The summed E-state index contributed by atoms with van der Waals surface area (Å²) in [4.78, 5) is 11.2. The molecule has 1 aromatic rings. The van der Waals surface area contributed by atoms with Crippen molar-refractivity contribution in [1.82, 2.24) is 0 Å². The van der Waals surface area contributed by atoms with Crippen molar-refractivity contribution in [2.45, 2.75) is 13.8 Å². The first-order chi connectivity index (χ1) is 7.58. The van der Waals surface area contributed by atoms with Gasteiger partial charge in [-0.3, -0.25) is 4.79 Å². The van der Waals surface area contributed by atoms with Gasteiger partial charge in [0.15, 0.2) is 5.78 Å². The Morgan fingerprint density at radius 2 is 2.00 bits per heavy atom. The van der Waals surface area contributed by atoms with E-state index < -0.39 is 0 Å². The maximum atomic E-state index is 11.2. The maximum absolute atomic E-state index is 11.2. The summed E-state index contributed by atoms with van der Waals surface area (Å²) in [6.45, 7) is 3.31. The van der Waals surface area contributed by atoms with Crippen LogP contribution in [-0.4, -0.2) is 5.78 Å². The quantitative estimate of drug-likeness (QED) is 0.732. The monoisotopic (exact) mass is 278 g/mol. The first-order valence-electron chi connectivity index (χ1n) is 4.95. The molecule has 0 amide bonds. The van der Waals surface area contributed by atoms with E-state index in [1.165, 1.54) is 6.92 Å². The van der Waals surface area contributed by atoms with Gasteiger partial charge in [-0.05, 0) is 44.2 Å². The highest BCUT2D eigenvalue weighted by Crippen LogP contribution is 2.30. The average Bonchev–Trinajstić information content (AvgIpc) is 2.27. The van der Waals surface area contributed by atoms with Crippen LogP contribution in [-0.2, 0) is 4.79 Å². The highest BCUT2D eigenvalue weighted by molar-refractivity contribution is 9.10. The SMILES string of the molecule is CC(=O)/C(C)=C1\C=Cc2cc(Br)ccc2O1. The molecule has 0 aromatic heterocycles. The molecule has 1 heterocycles. The standard InChI is InChI=1S/C13H11BrO2/c1-8(9(2)15)12-5-3-10-7-11(14)4-6-13(10)16-12/h3-7H,1-2H3/b12-8+. The van der Waals surface area contributed by atoms with Crippen molar-refractivity contribution in [3.8, 4) is 5.75 Å². The number of carbonyl (C=O) groups is 1. The number of hydrogen-bond donors (Lipinski definition) is 0. The molecule has 0 spiro atoms. The molecule has 16 heavy (non-hydrogen) atoms. The number of ketones is 1. The van der Waals surface area contributed by atoms with E-state index in [1.54, 1.807) is 6.92 Å². The minimum Gasteiger partial charge on any atom is -0.456 e. The number of allylic oxidation sites excluding steroid dienone is 2. The van der Waals surface area contributed by atoms with Crippen molar-refractivity contribution in [2.24, 2.45) is 0 Å². The van der Waals surface area contributed by atoms with Gasteiger partial charge < -0.3 is 4.74 Å². The summed E-state index contributed by atoms with van der Waals surface area (Å²) < 4.78 is 6.67. The summed E-state index contributed by atoms with van der Waals surface area (Å²) in [6.07, 6.45) is 3.77. The Hall–Kier alpha value is -1.35. The van der Waals surface area contributed by atoms with Crippen molar-refractivity contribution in [3.63, 3.8) is 0 Å². The third-order valence-corrected chi connectivity index (χ3v) is 3.00. The van der Waals surface area contributed by atoms with Crippen molar-refractivity contribution < 1.29 is 9.53 Å². The van der Waals surface area contributed by atoms with Crippen LogP contribution in [0.2, 0.25) is 0 Å². The first-order valence-corrected chi connectivity index (χ1v) is 5.74. The Kier molecular flexibility index (Phi) is 2.97. The Labute approximate surface area is 103 Å². The number of hydrogen-bond acceptors (Lipinski definition) is 2. The average molecular weight is 279 g/mol.